The number of rotatable bonds is 10. The Morgan fingerprint density at radius 3 is 1.86 bits per heavy atom. The Kier molecular flexibility index (Phi) is 6.65. The number of carbonyl (C=O) groups excluding carboxylic acids is 2. The van der Waals surface area contributed by atoms with Crippen molar-refractivity contribution in [1.82, 2.24) is 0 Å². The Morgan fingerprint density at radius 1 is 0.800 bits per heavy atom. The molecule has 5 rings (SSSR count). The van der Waals surface area contributed by atoms with Crippen LogP contribution in [0, 0.1) is 6.92 Å². The maximum Gasteiger partial charge on any atom is 0.259 e. The normalized spacial score (nSPS) is 17.9. The third kappa shape index (κ3) is 5.98. The summed E-state index contributed by atoms with van der Waals surface area (Å²) in [6.07, 6.45) is 0.179. The molecule has 2 atom stereocenters. The van der Waals surface area contributed by atoms with Crippen molar-refractivity contribution in [3.8, 4) is 11.5 Å². The van der Waals surface area contributed by atoms with Crippen LogP contribution in [0.4, 0.5) is 11.4 Å². The maximum absolute atomic E-state index is 13.0. The molecule has 2 aliphatic rings. The molecule has 0 radical (unpaired) electrons. The molecule has 2 amide bonds. The highest BCUT2D eigenvalue weighted by atomic mass is 16.6. The first-order valence-corrected chi connectivity index (χ1v) is 11.5. The largest absolute Gasteiger partial charge is 0.490 e. The van der Waals surface area contributed by atoms with Crippen molar-refractivity contribution in [2.45, 2.75) is 19.1 Å². The molecule has 3 aromatic rings. The molecule has 2 fully saturated rings. The number of nitrogens with one attached hydrogen (secondary N) is 2. The van der Waals surface area contributed by atoms with Crippen molar-refractivity contribution in [1.29, 1.82) is 0 Å². The van der Waals surface area contributed by atoms with Gasteiger partial charge < -0.3 is 29.6 Å². The second kappa shape index (κ2) is 10.2. The fraction of sp³-hybridized carbons (Fsp3) is 0.259. The van der Waals surface area contributed by atoms with Gasteiger partial charge >= 0.3 is 0 Å². The fourth-order valence-corrected chi connectivity index (χ4v) is 3.48. The van der Waals surface area contributed by atoms with Crippen LogP contribution in [0.25, 0.3) is 0 Å². The van der Waals surface area contributed by atoms with Crippen molar-refractivity contribution in [3.05, 3.63) is 83.4 Å². The quantitative estimate of drug-likeness (QED) is 0.430. The fourth-order valence-electron chi connectivity index (χ4n) is 3.48. The summed E-state index contributed by atoms with van der Waals surface area (Å²) in [7, 11) is 0. The number of aryl methyl sites for hydroxylation is 1. The van der Waals surface area contributed by atoms with Crippen molar-refractivity contribution >= 4 is 23.2 Å². The van der Waals surface area contributed by atoms with Crippen LogP contribution in [-0.2, 0) is 9.47 Å². The van der Waals surface area contributed by atoms with Crippen molar-refractivity contribution < 1.29 is 28.5 Å². The first-order valence-electron chi connectivity index (χ1n) is 11.5. The average molecular weight is 475 g/mol. The van der Waals surface area contributed by atoms with E-state index >= 15 is 0 Å². The molecule has 0 aliphatic carbocycles. The van der Waals surface area contributed by atoms with Gasteiger partial charge in [-0.15, -0.1) is 0 Å². The summed E-state index contributed by atoms with van der Waals surface area (Å²) in [6, 6.07) is 19.5. The van der Waals surface area contributed by atoms with Crippen LogP contribution >= 0.6 is 0 Å². The molecule has 2 heterocycles. The lowest BCUT2D eigenvalue weighted by Crippen LogP contribution is -2.17. The summed E-state index contributed by atoms with van der Waals surface area (Å²) in [5.74, 6) is 0.384. The Balaban J connectivity index is 1.28. The van der Waals surface area contributed by atoms with Gasteiger partial charge in [-0.1, -0.05) is 30.3 Å². The van der Waals surface area contributed by atoms with Crippen LogP contribution < -0.4 is 20.1 Å². The third-order valence-electron chi connectivity index (χ3n) is 5.66. The van der Waals surface area contributed by atoms with Crippen LogP contribution in [0.15, 0.2) is 66.7 Å². The molecule has 35 heavy (non-hydrogen) atoms. The zero-order chi connectivity index (χ0) is 24.2. The van der Waals surface area contributed by atoms with E-state index in [0.717, 1.165) is 5.56 Å². The van der Waals surface area contributed by atoms with E-state index in [2.05, 4.69) is 10.6 Å². The minimum Gasteiger partial charge on any atom is -0.490 e. The molecule has 0 bridgehead atoms. The van der Waals surface area contributed by atoms with E-state index in [1.807, 2.05) is 25.1 Å². The lowest BCUT2D eigenvalue weighted by molar-refractivity contribution is 0.101. The molecule has 8 nitrogen and oxygen atoms in total. The average Bonchev–Trinajstić information content (AvgIpc) is 3.79. The lowest BCUT2D eigenvalue weighted by Gasteiger charge is -2.14. The molecule has 8 heteroatoms. The van der Waals surface area contributed by atoms with E-state index in [4.69, 9.17) is 18.9 Å². The lowest BCUT2D eigenvalue weighted by atomic mass is 10.1. The summed E-state index contributed by atoms with van der Waals surface area (Å²) in [6.45, 7) is 4.06. The highest BCUT2D eigenvalue weighted by Gasteiger charge is 2.25. The first-order chi connectivity index (χ1) is 17.1. The smallest absolute Gasteiger partial charge is 0.259 e. The highest BCUT2D eigenvalue weighted by molar-refractivity contribution is 6.08. The molecule has 2 N–H and O–H groups in total. The van der Waals surface area contributed by atoms with Gasteiger partial charge in [0.05, 0.1) is 24.3 Å². The number of amides is 2. The van der Waals surface area contributed by atoms with Crippen molar-refractivity contribution in [2.24, 2.45) is 0 Å². The van der Waals surface area contributed by atoms with Crippen LogP contribution in [0.2, 0.25) is 0 Å². The molecule has 3 aromatic carbocycles. The second-order valence-corrected chi connectivity index (χ2v) is 8.46. The molecule has 0 saturated carbocycles. The van der Waals surface area contributed by atoms with E-state index < -0.39 is 0 Å². The number of ether oxygens (including phenoxy) is 4. The van der Waals surface area contributed by atoms with Gasteiger partial charge in [0.2, 0.25) is 0 Å². The van der Waals surface area contributed by atoms with Gasteiger partial charge in [0.25, 0.3) is 11.8 Å². The molecule has 0 aromatic heterocycles. The number of hydrogen-bond acceptors (Lipinski definition) is 6. The molecular weight excluding hydrogens is 448 g/mol. The zero-order valence-electron chi connectivity index (χ0n) is 19.3. The number of epoxide rings is 2. The van der Waals surface area contributed by atoms with Gasteiger partial charge in [-0.3, -0.25) is 9.59 Å². The van der Waals surface area contributed by atoms with Crippen LogP contribution in [0.5, 0.6) is 11.5 Å². The molecule has 2 unspecified atom stereocenters. The second-order valence-electron chi connectivity index (χ2n) is 8.46. The van der Waals surface area contributed by atoms with Gasteiger partial charge in [0, 0.05) is 11.4 Å². The molecular formula is C27H26N2O6. The van der Waals surface area contributed by atoms with E-state index in [1.165, 1.54) is 0 Å². The van der Waals surface area contributed by atoms with E-state index in [0.29, 0.717) is 60.4 Å². The van der Waals surface area contributed by atoms with E-state index in [9.17, 15) is 9.59 Å². The summed E-state index contributed by atoms with van der Waals surface area (Å²) in [4.78, 5) is 26.0. The summed E-state index contributed by atoms with van der Waals surface area (Å²) in [5.41, 5.74) is 2.84. The van der Waals surface area contributed by atoms with Crippen LogP contribution in [0.1, 0.15) is 26.3 Å². The molecule has 0 spiro atoms. The summed E-state index contributed by atoms with van der Waals surface area (Å²) < 4.78 is 21.9. The topological polar surface area (TPSA) is 102 Å². The van der Waals surface area contributed by atoms with Crippen LogP contribution in [0.3, 0.4) is 0 Å². The minimum atomic E-state index is -0.306. The molecule has 2 saturated heterocycles. The predicted molar refractivity (Wildman–Crippen MR) is 130 cm³/mol. The van der Waals surface area contributed by atoms with Gasteiger partial charge in [-0.05, 0) is 48.9 Å². The Hall–Kier alpha value is -3.88. The van der Waals surface area contributed by atoms with Crippen molar-refractivity contribution in [2.75, 3.05) is 37.1 Å². The standard InChI is InChI=1S/C27H26N2O6/c1-17-10-11-18(28-26(30)21-6-2-4-8-24(21)34-15-19-13-32-19)12-23(17)29-27(31)22-7-3-5-9-25(22)35-16-20-14-33-20/h2-12,19-20H,13-16H2,1H3,(H,28,30)(H,29,31). The van der Waals surface area contributed by atoms with E-state index in [-0.39, 0.29) is 24.0 Å². The third-order valence-corrected chi connectivity index (χ3v) is 5.66. The summed E-state index contributed by atoms with van der Waals surface area (Å²) >= 11 is 0. The molecule has 180 valence electrons. The SMILES string of the molecule is Cc1ccc(NC(=O)c2ccccc2OCC2CO2)cc1NC(=O)c1ccccc1OCC1CO1. The van der Waals surface area contributed by atoms with Gasteiger partial charge in [-0.25, -0.2) is 0 Å². The zero-order valence-corrected chi connectivity index (χ0v) is 19.3. The molecule has 2 aliphatic heterocycles. The highest BCUT2D eigenvalue weighted by Crippen LogP contribution is 2.26. The number of anilines is 2. The monoisotopic (exact) mass is 474 g/mol. The number of para-hydroxylation sites is 2. The van der Waals surface area contributed by atoms with E-state index in [1.54, 1.807) is 48.5 Å². The van der Waals surface area contributed by atoms with Crippen LogP contribution in [-0.4, -0.2) is 50.4 Å². The summed E-state index contributed by atoms with van der Waals surface area (Å²) in [5, 5.41) is 5.83. The number of hydrogen-bond donors (Lipinski definition) is 2. The first kappa shape index (κ1) is 22.9. The number of benzene rings is 3. The maximum atomic E-state index is 13.0. The van der Waals surface area contributed by atoms with Gasteiger partial charge in [0.1, 0.15) is 36.9 Å². The Labute approximate surface area is 203 Å². The Morgan fingerprint density at radius 2 is 1.31 bits per heavy atom. The Bertz CT molecular complexity index is 1240. The number of carbonyl (C=O) groups is 2. The van der Waals surface area contributed by atoms with Gasteiger partial charge in [0.15, 0.2) is 0 Å². The predicted octanol–water partition coefficient (Wildman–Crippen LogP) is 4.05. The van der Waals surface area contributed by atoms with Gasteiger partial charge in [-0.2, -0.15) is 0 Å². The van der Waals surface area contributed by atoms with Crippen molar-refractivity contribution in [3.63, 3.8) is 0 Å². The minimum absolute atomic E-state index is 0.0891.